The molecule has 4 aromatic rings. The molecule has 0 radical (unpaired) electrons. The number of amides is 1. The van der Waals surface area contributed by atoms with Crippen LogP contribution in [0.2, 0.25) is 0 Å². The Morgan fingerprint density at radius 3 is 2.72 bits per heavy atom. The minimum Gasteiger partial charge on any atom is -0.393 e. The van der Waals surface area contributed by atoms with Gasteiger partial charge in [-0.1, -0.05) is 31.6 Å². The summed E-state index contributed by atoms with van der Waals surface area (Å²) in [5.74, 6) is -0.126. The predicted molar refractivity (Wildman–Crippen MR) is 161 cm³/mol. The molecule has 2 aromatic heterocycles. The van der Waals surface area contributed by atoms with Crippen molar-refractivity contribution in [2.24, 2.45) is 28.6 Å². The number of anilines is 1. The topological polar surface area (TPSA) is 116 Å². The Morgan fingerprint density at radius 1 is 1.14 bits per heavy atom. The van der Waals surface area contributed by atoms with Crippen LogP contribution in [-0.2, 0) is 11.2 Å². The second-order valence-electron chi connectivity index (χ2n) is 13.7. The van der Waals surface area contributed by atoms with Crippen LogP contribution in [0.25, 0.3) is 22.8 Å². The van der Waals surface area contributed by atoms with Gasteiger partial charge in [-0.05, 0) is 110 Å². The van der Waals surface area contributed by atoms with Crippen molar-refractivity contribution in [2.45, 2.75) is 64.1 Å². The maximum Gasteiger partial charge on any atom is 0.259 e. The number of aromatic nitrogens is 4. The summed E-state index contributed by atoms with van der Waals surface area (Å²) in [5.41, 5.74) is 3.17. The Hall–Kier alpha value is -3.82. The highest BCUT2D eigenvalue weighted by Gasteiger charge is 2.68. The molecule has 0 aliphatic heterocycles. The lowest BCUT2D eigenvalue weighted by molar-refractivity contribution is -0.177. The zero-order chi connectivity index (χ0) is 29.7. The van der Waals surface area contributed by atoms with E-state index in [2.05, 4.69) is 33.4 Å². The fraction of sp³-hybridized carbons (Fsp3) is 0.441. The molecule has 4 N–H and O–H groups in total. The smallest absolute Gasteiger partial charge is 0.259 e. The number of aliphatic hydroxyl groups excluding tert-OH is 1. The monoisotopic (exact) mass is 581 g/mol. The first kappa shape index (κ1) is 26.8. The van der Waals surface area contributed by atoms with Crippen molar-refractivity contribution in [1.82, 2.24) is 19.7 Å². The fourth-order valence-corrected chi connectivity index (χ4v) is 9.57. The Morgan fingerprint density at radius 2 is 1.93 bits per heavy atom. The van der Waals surface area contributed by atoms with Crippen molar-refractivity contribution >= 4 is 29.0 Å². The van der Waals surface area contributed by atoms with E-state index >= 15 is 0 Å². The van der Waals surface area contributed by atoms with E-state index in [9.17, 15) is 19.4 Å². The highest BCUT2D eigenvalue weighted by atomic mass is 19.1. The number of carbonyl (C=O) groups excluding carboxylic acids is 1. The van der Waals surface area contributed by atoms with Gasteiger partial charge in [0.2, 0.25) is 5.95 Å². The second-order valence-corrected chi connectivity index (χ2v) is 13.7. The van der Waals surface area contributed by atoms with Crippen molar-refractivity contribution in [1.29, 1.82) is 0 Å². The molecule has 3 saturated carbocycles. The molecule has 8 nitrogen and oxygen atoms in total. The number of nitrogens with one attached hydrogen (secondary N) is 2. The van der Waals surface area contributed by atoms with E-state index in [1.807, 2.05) is 42.1 Å². The molecule has 0 spiro atoms. The van der Waals surface area contributed by atoms with Gasteiger partial charge in [-0.15, -0.1) is 0 Å². The second kappa shape index (κ2) is 9.09. The third-order valence-electron chi connectivity index (χ3n) is 11.6. The molecule has 8 rings (SSSR count). The fourth-order valence-electron chi connectivity index (χ4n) is 9.57. The molecule has 1 amide bonds. The Kier molecular flexibility index (Phi) is 5.66. The van der Waals surface area contributed by atoms with Gasteiger partial charge in [-0.25, -0.2) is 14.1 Å². The highest BCUT2D eigenvalue weighted by Crippen LogP contribution is 2.67. The molecule has 222 valence electrons. The molecular formula is C34H36FN5O3. The lowest BCUT2D eigenvalue weighted by atomic mass is 9.45. The van der Waals surface area contributed by atoms with Crippen molar-refractivity contribution in [2.75, 3.05) is 5.32 Å². The third-order valence-corrected chi connectivity index (χ3v) is 11.6. The Labute approximate surface area is 249 Å². The molecule has 6 unspecified atom stereocenters. The van der Waals surface area contributed by atoms with Crippen molar-refractivity contribution in [3.8, 4) is 5.69 Å². The van der Waals surface area contributed by atoms with E-state index < -0.39 is 23.0 Å². The summed E-state index contributed by atoms with van der Waals surface area (Å²) in [6, 6.07) is 13.9. The third kappa shape index (κ3) is 3.70. The number of hydrogen-bond donors (Lipinski definition) is 4. The standard InChI is InChI=1S/C34H36FN5O3/c1-32-16-19-18-36-40(22-10-8-21(35)9-11-22)27(19)15-20(32)7-12-23-24-13-14-34(43,33(24,2)17-28(41)29(23)32)30(42)39-31-37-25-5-3-4-6-26(25)38-31/h3-6,8-11,15,18,23-24,28-29,41,43H,7,12-14,16-17H2,1-2H3,(H2,37,38,39,42)/t23?,24?,28?,29?,32?,33?,34-/m0/s1. The van der Waals surface area contributed by atoms with E-state index in [0.717, 1.165) is 53.7 Å². The van der Waals surface area contributed by atoms with Crippen molar-refractivity contribution in [3.63, 3.8) is 0 Å². The number of benzene rings is 2. The van der Waals surface area contributed by atoms with Crippen LogP contribution in [0, 0.1) is 34.4 Å². The molecule has 43 heavy (non-hydrogen) atoms. The quantitative estimate of drug-likeness (QED) is 0.258. The number of halogens is 1. The van der Waals surface area contributed by atoms with Crippen molar-refractivity contribution < 1.29 is 19.4 Å². The number of fused-ring (bicyclic) bond motifs is 7. The lowest BCUT2D eigenvalue weighted by Crippen LogP contribution is -2.62. The van der Waals surface area contributed by atoms with Crippen molar-refractivity contribution in [3.05, 3.63) is 77.4 Å². The molecule has 9 heteroatoms. The summed E-state index contributed by atoms with van der Waals surface area (Å²) >= 11 is 0. The number of hydrogen-bond acceptors (Lipinski definition) is 5. The summed E-state index contributed by atoms with van der Waals surface area (Å²) < 4.78 is 15.5. The van der Waals surface area contributed by atoms with Gasteiger partial charge in [0.25, 0.3) is 5.91 Å². The molecule has 0 saturated heterocycles. The van der Waals surface area contributed by atoms with Crippen LogP contribution >= 0.6 is 0 Å². The van der Waals surface area contributed by atoms with Crippen LogP contribution < -0.4 is 5.32 Å². The number of carbonyl (C=O) groups is 1. The van der Waals surface area contributed by atoms with Gasteiger partial charge in [0.05, 0.1) is 34.7 Å². The van der Waals surface area contributed by atoms with Crippen LogP contribution in [0.1, 0.15) is 57.2 Å². The van der Waals surface area contributed by atoms with Crippen LogP contribution in [0.3, 0.4) is 0 Å². The highest BCUT2D eigenvalue weighted by molar-refractivity contribution is 5.98. The number of allylic oxidation sites excluding steroid dienone is 1. The normalized spacial score (nSPS) is 34.6. The number of aromatic amines is 1. The van der Waals surface area contributed by atoms with Gasteiger partial charge in [-0.2, -0.15) is 5.10 Å². The van der Waals surface area contributed by atoms with Crippen LogP contribution in [-0.4, -0.2) is 47.6 Å². The van der Waals surface area contributed by atoms with Gasteiger partial charge in [0, 0.05) is 5.41 Å². The van der Waals surface area contributed by atoms with Crippen LogP contribution in [0.4, 0.5) is 10.3 Å². The summed E-state index contributed by atoms with van der Waals surface area (Å²) in [5, 5.41) is 31.6. The van der Waals surface area contributed by atoms with E-state index in [1.165, 1.54) is 17.7 Å². The van der Waals surface area contributed by atoms with E-state index in [0.29, 0.717) is 18.8 Å². The summed E-state index contributed by atoms with van der Waals surface area (Å²) in [6.07, 6.45) is 7.44. The first-order valence-electron chi connectivity index (χ1n) is 15.3. The average molecular weight is 582 g/mol. The van der Waals surface area contributed by atoms with Crippen LogP contribution in [0.15, 0.2) is 60.3 Å². The minimum absolute atomic E-state index is 0.00804. The first-order chi connectivity index (χ1) is 20.6. The number of H-pyrrole nitrogens is 1. The number of nitrogens with zero attached hydrogens (tertiary/aromatic N) is 3. The van der Waals surface area contributed by atoms with Gasteiger partial charge in [-0.3, -0.25) is 10.1 Å². The molecular weight excluding hydrogens is 545 g/mol. The molecule has 2 aromatic carbocycles. The van der Waals surface area contributed by atoms with Crippen LogP contribution in [0.5, 0.6) is 0 Å². The summed E-state index contributed by atoms with van der Waals surface area (Å²) in [7, 11) is 0. The van der Waals surface area contributed by atoms with E-state index in [1.54, 1.807) is 12.1 Å². The SMILES string of the molecule is CC12Cc3cnn(-c4ccc(F)cc4)c3C=C1CCC1C2C(O)CC2(C)C1CC[C@]2(O)C(=O)Nc1nc2ccccc2[nH]1. The molecule has 0 bridgehead atoms. The van der Waals surface area contributed by atoms with Gasteiger partial charge < -0.3 is 15.2 Å². The summed E-state index contributed by atoms with van der Waals surface area (Å²) in [6.45, 7) is 4.27. The van der Waals surface area contributed by atoms with E-state index in [4.69, 9.17) is 0 Å². The molecule has 7 atom stereocenters. The number of aliphatic hydroxyl groups is 2. The maximum absolute atomic E-state index is 13.8. The first-order valence-corrected chi connectivity index (χ1v) is 15.3. The zero-order valence-corrected chi connectivity index (χ0v) is 24.3. The minimum atomic E-state index is -1.62. The Bertz CT molecular complexity index is 1760. The lowest BCUT2D eigenvalue weighted by Gasteiger charge is -2.60. The van der Waals surface area contributed by atoms with Gasteiger partial charge in [0.1, 0.15) is 11.4 Å². The average Bonchev–Trinajstić information content (AvgIpc) is 3.65. The maximum atomic E-state index is 13.8. The largest absolute Gasteiger partial charge is 0.393 e. The number of para-hydroxylation sites is 2. The van der Waals surface area contributed by atoms with Gasteiger partial charge >= 0.3 is 0 Å². The molecule has 3 fully saturated rings. The van der Waals surface area contributed by atoms with Gasteiger partial charge in [0.15, 0.2) is 0 Å². The number of rotatable bonds is 3. The number of imidazole rings is 1. The van der Waals surface area contributed by atoms with E-state index in [-0.39, 0.29) is 29.0 Å². The molecule has 4 aliphatic carbocycles. The molecule has 2 heterocycles. The predicted octanol–water partition coefficient (Wildman–Crippen LogP) is 5.41. The Balaban J connectivity index is 1.08. The summed E-state index contributed by atoms with van der Waals surface area (Å²) in [4.78, 5) is 21.4. The zero-order valence-electron chi connectivity index (χ0n) is 24.3. The molecule has 4 aliphatic rings.